The van der Waals surface area contributed by atoms with Crippen LogP contribution in [0.3, 0.4) is 0 Å². The summed E-state index contributed by atoms with van der Waals surface area (Å²) in [5.74, 6) is 1.84. The molecule has 0 unspecified atom stereocenters. The van der Waals surface area contributed by atoms with Crippen molar-refractivity contribution in [1.82, 2.24) is 0 Å². The van der Waals surface area contributed by atoms with Crippen LogP contribution in [0.15, 0.2) is 52.3 Å². The monoisotopic (exact) mass is 488 g/mol. The van der Waals surface area contributed by atoms with E-state index in [1.165, 1.54) is 11.3 Å². The molecule has 0 aromatic heterocycles. The Balaban J connectivity index is 1.62. The highest BCUT2D eigenvalue weighted by molar-refractivity contribution is 7.99. The van der Waals surface area contributed by atoms with Crippen LogP contribution in [-0.2, 0) is 21.2 Å². The first-order valence-corrected chi connectivity index (χ1v) is 14.5. The molecule has 180 valence electrons. The van der Waals surface area contributed by atoms with E-state index >= 15 is 0 Å². The van der Waals surface area contributed by atoms with Gasteiger partial charge < -0.3 is 9.64 Å². The van der Waals surface area contributed by atoms with Crippen molar-refractivity contribution in [1.29, 1.82) is 0 Å². The van der Waals surface area contributed by atoms with Gasteiger partial charge in [0.15, 0.2) is 0 Å². The van der Waals surface area contributed by atoms with E-state index in [9.17, 15) is 8.42 Å². The SMILES string of the molecule is CCc1ccc(N(CC(C)C)S(=O)(=O)c2ccc3c(c2)SCCN3CC2CCOCC2)cc1. The number of sulfonamides is 1. The number of aryl methyl sites for hydroxylation is 1. The minimum atomic E-state index is -3.66. The highest BCUT2D eigenvalue weighted by Gasteiger charge is 2.29. The van der Waals surface area contributed by atoms with Crippen LogP contribution < -0.4 is 9.21 Å². The molecule has 2 heterocycles. The Morgan fingerprint density at radius 2 is 1.85 bits per heavy atom. The van der Waals surface area contributed by atoms with E-state index in [0.29, 0.717) is 17.4 Å². The van der Waals surface area contributed by atoms with Gasteiger partial charge in [0.05, 0.1) is 16.3 Å². The molecule has 1 saturated heterocycles. The number of hydrogen-bond acceptors (Lipinski definition) is 5. The zero-order valence-electron chi connectivity index (χ0n) is 20.0. The highest BCUT2D eigenvalue weighted by atomic mass is 32.2. The fraction of sp³-hybridized carbons (Fsp3) is 0.538. The molecule has 33 heavy (non-hydrogen) atoms. The second-order valence-corrected chi connectivity index (χ2v) is 12.4. The summed E-state index contributed by atoms with van der Waals surface area (Å²) in [6.45, 7) is 10.4. The molecule has 2 aromatic rings. The van der Waals surface area contributed by atoms with Gasteiger partial charge in [0, 0.05) is 43.5 Å². The van der Waals surface area contributed by atoms with E-state index in [2.05, 4.69) is 25.7 Å². The molecule has 0 aliphatic carbocycles. The standard InChI is InChI=1S/C26H36N2O3S2/c1-4-21-5-7-23(8-6-21)28(18-20(2)3)33(29,30)24-9-10-25-26(17-24)32-16-13-27(25)19-22-11-14-31-15-12-22/h5-10,17,20,22H,4,11-16,18-19H2,1-3H3. The number of fused-ring (bicyclic) bond motifs is 1. The van der Waals surface area contributed by atoms with Crippen LogP contribution >= 0.6 is 11.8 Å². The second-order valence-electron chi connectivity index (χ2n) is 9.43. The third kappa shape index (κ3) is 5.69. The molecule has 4 rings (SSSR count). The number of ether oxygens (including phenoxy) is 1. The lowest BCUT2D eigenvalue weighted by Crippen LogP contribution is -2.36. The van der Waals surface area contributed by atoms with Crippen molar-refractivity contribution in [2.24, 2.45) is 11.8 Å². The molecule has 2 aromatic carbocycles. The largest absolute Gasteiger partial charge is 0.381 e. The molecule has 2 aliphatic rings. The van der Waals surface area contributed by atoms with Gasteiger partial charge >= 0.3 is 0 Å². The highest BCUT2D eigenvalue weighted by Crippen LogP contribution is 2.38. The molecule has 0 radical (unpaired) electrons. The van der Waals surface area contributed by atoms with E-state index in [-0.39, 0.29) is 5.92 Å². The van der Waals surface area contributed by atoms with Crippen molar-refractivity contribution in [3.8, 4) is 0 Å². The zero-order valence-corrected chi connectivity index (χ0v) is 21.6. The average molecular weight is 489 g/mol. The fourth-order valence-electron chi connectivity index (χ4n) is 4.55. The minimum absolute atomic E-state index is 0.215. The molecule has 0 atom stereocenters. The Labute approximate surface area is 203 Å². The molecule has 0 bridgehead atoms. The summed E-state index contributed by atoms with van der Waals surface area (Å²) in [6, 6.07) is 13.6. The molecule has 0 spiro atoms. The number of nitrogens with zero attached hydrogens (tertiary/aromatic N) is 2. The summed E-state index contributed by atoms with van der Waals surface area (Å²) >= 11 is 1.76. The summed E-state index contributed by atoms with van der Waals surface area (Å²) in [4.78, 5) is 3.88. The summed E-state index contributed by atoms with van der Waals surface area (Å²) in [7, 11) is -3.66. The Hall–Kier alpha value is -1.70. The Morgan fingerprint density at radius 3 is 2.52 bits per heavy atom. The van der Waals surface area contributed by atoms with Gasteiger partial charge in [0.1, 0.15) is 0 Å². The van der Waals surface area contributed by atoms with Gasteiger partial charge in [-0.2, -0.15) is 0 Å². The predicted octanol–water partition coefficient (Wildman–Crippen LogP) is 5.44. The number of rotatable bonds is 8. The van der Waals surface area contributed by atoms with Crippen molar-refractivity contribution in [3.63, 3.8) is 0 Å². The zero-order chi connectivity index (χ0) is 23.4. The molecule has 0 N–H and O–H groups in total. The van der Waals surface area contributed by atoms with E-state index in [4.69, 9.17) is 4.74 Å². The lowest BCUT2D eigenvalue weighted by atomic mass is 9.99. The minimum Gasteiger partial charge on any atom is -0.381 e. The van der Waals surface area contributed by atoms with Crippen molar-refractivity contribution in [2.75, 3.05) is 47.8 Å². The maximum Gasteiger partial charge on any atom is 0.264 e. The van der Waals surface area contributed by atoms with Crippen molar-refractivity contribution >= 4 is 33.2 Å². The Morgan fingerprint density at radius 1 is 1.12 bits per heavy atom. The summed E-state index contributed by atoms with van der Waals surface area (Å²) < 4.78 is 34.7. The molecule has 2 aliphatic heterocycles. The lowest BCUT2D eigenvalue weighted by Gasteiger charge is -2.35. The predicted molar refractivity (Wildman–Crippen MR) is 138 cm³/mol. The Bertz CT molecular complexity index is 1030. The average Bonchev–Trinajstić information content (AvgIpc) is 2.83. The van der Waals surface area contributed by atoms with Crippen LogP contribution in [0.5, 0.6) is 0 Å². The van der Waals surface area contributed by atoms with Crippen LogP contribution in [0.1, 0.15) is 39.2 Å². The van der Waals surface area contributed by atoms with Crippen LogP contribution in [-0.4, -0.2) is 47.0 Å². The van der Waals surface area contributed by atoms with Gasteiger partial charge in [0.25, 0.3) is 10.0 Å². The van der Waals surface area contributed by atoms with Gasteiger partial charge in [-0.15, -0.1) is 11.8 Å². The maximum atomic E-state index is 13.8. The van der Waals surface area contributed by atoms with Gasteiger partial charge in [-0.05, 0) is 67.0 Å². The third-order valence-electron chi connectivity index (χ3n) is 6.46. The van der Waals surface area contributed by atoms with E-state index in [1.54, 1.807) is 22.1 Å². The van der Waals surface area contributed by atoms with Gasteiger partial charge in [0.2, 0.25) is 0 Å². The second kappa shape index (κ2) is 10.7. The number of hydrogen-bond donors (Lipinski definition) is 0. The smallest absolute Gasteiger partial charge is 0.264 e. The number of benzene rings is 2. The van der Waals surface area contributed by atoms with Gasteiger partial charge in [-0.1, -0.05) is 32.9 Å². The topological polar surface area (TPSA) is 49.9 Å². The lowest BCUT2D eigenvalue weighted by molar-refractivity contribution is 0.0682. The van der Waals surface area contributed by atoms with Crippen LogP contribution in [0.25, 0.3) is 0 Å². The van der Waals surface area contributed by atoms with E-state index in [0.717, 1.165) is 61.9 Å². The molecule has 0 amide bonds. The van der Waals surface area contributed by atoms with Crippen molar-refractivity contribution < 1.29 is 13.2 Å². The Kier molecular flexibility index (Phi) is 7.92. The summed E-state index contributed by atoms with van der Waals surface area (Å²) in [5.41, 5.74) is 3.10. The molecule has 1 fully saturated rings. The van der Waals surface area contributed by atoms with Crippen molar-refractivity contribution in [3.05, 3.63) is 48.0 Å². The van der Waals surface area contributed by atoms with Crippen molar-refractivity contribution in [2.45, 2.75) is 49.8 Å². The third-order valence-corrected chi connectivity index (χ3v) is 9.28. The molecular weight excluding hydrogens is 452 g/mol. The summed E-state index contributed by atoms with van der Waals surface area (Å²) in [5, 5.41) is 0. The molecular formula is C26H36N2O3S2. The maximum absolute atomic E-state index is 13.8. The van der Waals surface area contributed by atoms with E-state index < -0.39 is 10.0 Å². The first-order valence-electron chi connectivity index (χ1n) is 12.1. The number of thioether (sulfide) groups is 1. The molecule has 0 saturated carbocycles. The molecule has 5 nitrogen and oxygen atoms in total. The molecule has 7 heteroatoms. The first-order chi connectivity index (χ1) is 15.9. The quantitative estimate of drug-likeness (QED) is 0.495. The first kappa shape index (κ1) is 24.4. The fourth-order valence-corrected chi connectivity index (χ4v) is 7.36. The van der Waals surface area contributed by atoms with Gasteiger partial charge in [-0.3, -0.25) is 4.31 Å². The summed E-state index contributed by atoms with van der Waals surface area (Å²) in [6.07, 6.45) is 3.14. The van der Waals surface area contributed by atoms with Crippen LogP contribution in [0, 0.1) is 11.8 Å². The van der Waals surface area contributed by atoms with Gasteiger partial charge in [-0.25, -0.2) is 8.42 Å². The van der Waals surface area contributed by atoms with Crippen LogP contribution in [0.4, 0.5) is 11.4 Å². The normalized spacial score (nSPS) is 17.3. The number of anilines is 2. The van der Waals surface area contributed by atoms with E-state index in [1.807, 2.05) is 36.4 Å². The van der Waals surface area contributed by atoms with Crippen LogP contribution in [0.2, 0.25) is 0 Å².